The van der Waals surface area contributed by atoms with E-state index in [2.05, 4.69) is 15.7 Å². The fourth-order valence-electron chi connectivity index (χ4n) is 3.17. The van der Waals surface area contributed by atoms with Gasteiger partial charge >= 0.3 is 0 Å². The molecule has 0 saturated carbocycles. The van der Waals surface area contributed by atoms with Crippen LogP contribution in [0.15, 0.2) is 22.8 Å². The van der Waals surface area contributed by atoms with Gasteiger partial charge in [0.05, 0.1) is 25.0 Å². The molecule has 1 amide bonds. The Labute approximate surface area is 141 Å². The Balaban J connectivity index is 1.55. The van der Waals surface area contributed by atoms with Gasteiger partial charge in [-0.2, -0.15) is 5.10 Å². The molecule has 0 aromatic carbocycles. The molecule has 1 aliphatic rings. The molecule has 0 bridgehead atoms. The molecule has 0 radical (unpaired) electrons. The van der Waals surface area contributed by atoms with Crippen LogP contribution in [0.25, 0.3) is 0 Å². The lowest BCUT2D eigenvalue weighted by Crippen LogP contribution is -2.40. The van der Waals surface area contributed by atoms with Crippen molar-refractivity contribution in [2.75, 3.05) is 13.2 Å². The molecule has 130 valence electrons. The Morgan fingerprint density at radius 2 is 2.29 bits per heavy atom. The molecule has 2 aromatic heterocycles. The van der Waals surface area contributed by atoms with Gasteiger partial charge in [-0.25, -0.2) is 0 Å². The Bertz CT molecular complexity index is 693. The fraction of sp³-hybridized carbons (Fsp3) is 0.529. The number of carbonyl (C=O) groups excluding carboxylic acids is 1. The van der Waals surface area contributed by atoms with Crippen molar-refractivity contribution in [1.29, 1.82) is 0 Å². The normalized spacial score (nSPS) is 20.5. The quantitative estimate of drug-likeness (QED) is 0.835. The first-order chi connectivity index (χ1) is 11.6. The highest BCUT2D eigenvalue weighted by atomic mass is 16.5. The number of nitrogens with zero attached hydrogens (tertiary/aromatic N) is 2. The number of aromatic nitrogens is 2. The zero-order chi connectivity index (χ0) is 17.1. The largest absolute Gasteiger partial charge is 0.467 e. The SMILES string of the molecule is Cc1nn(C)c(C)c1[C@H]1OCC[C@@H]1NCC(=O)NCc1ccco1. The molecule has 3 heterocycles. The second-order valence-corrected chi connectivity index (χ2v) is 6.13. The van der Waals surface area contributed by atoms with Crippen molar-refractivity contribution in [3.63, 3.8) is 0 Å². The van der Waals surface area contributed by atoms with Crippen molar-refractivity contribution < 1.29 is 13.9 Å². The Morgan fingerprint density at radius 3 is 2.96 bits per heavy atom. The molecule has 0 unspecified atom stereocenters. The summed E-state index contributed by atoms with van der Waals surface area (Å²) in [5.41, 5.74) is 3.22. The van der Waals surface area contributed by atoms with E-state index in [1.54, 1.807) is 12.3 Å². The molecular weight excluding hydrogens is 308 g/mol. The molecular formula is C17H24N4O3. The van der Waals surface area contributed by atoms with Gasteiger partial charge in [-0.05, 0) is 32.4 Å². The number of furan rings is 1. The molecule has 7 nitrogen and oxygen atoms in total. The third kappa shape index (κ3) is 3.52. The van der Waals surface area contributed by atoms with Gasteiger partial charge < -0.3 is 19.8 Å². The molecule has 1 saturated heterocycles. The monoisotopic (exact) mass is 332 g/mol. The molecule has 7 heteroatoms. The summed E-state index contributed by atoms with van der Waals surface area (Å²) < 4.78 is 13.0. The summed E-state index contributed by atoms with van der Waals surface area (Å²) in [6.45, 7) is 5.38. The number of carbonyl (C=O) groups is 1. The number of ether oxygens (including phenoxy) is 1. The maximum absolute atomic E-state index is 12.0. The standard InChI is InChI=1S/C17H24N4O3/c1-11-16(12(2)21(3)20-11)17-14(6-8-24-17)18-10-15(22)19-9-13-5-4-7-23-13/h4-5,7,14,17-18H,6,8-10H2,1-3H3,(H,19,22)/t14-,17-/m0/s1. The lowest BCUT2D eigenvalue weighted by molar-refractivity contribution is -0.120. The first kappa shape index (κ1) is 16.7. The summed E-state index contributed by atoms with van der Waals surface area (Å²) >= 11 is 0. The molecule has 0 spiro atoms. The number of nitrogens with one attached hydrogen (secondary N) is 2. The van der Waals surface area contributed by atoms with Gasteiger partial charge in [-0.1, -0.05) is 0 Å². The van der Waals surface area contributed by atoms with Gasteiger partial charge in [-0.15, -0.1) is 0 Å². The van der Waals surface area contributed by atoms with Crippen LogP contribution in [0.3, 0.4) is 0 Å². The van der Waals surface area contributed by atoms with Crippen molar-refractivity contribution in [3.05, 3.63) is 41.1 Å². The predicted octanol–water partition coefficient (Wildman–Crippen LogP) is 1.37. The van der Waals surface area contributed by atoms with Crippen LogP contribution < -0.4 is 10.6 Å². The average molecular weight is 332 g/mol. The van der Waals surface area contributed by atoms with E-state index in [0.717, 1.165) is 29.1 Å². The van der Waals surface area contributed by atoms with E-state index in [1.807, 2.05) is 31.6 Å². The summed E-state index contributed by atoms with van der Waals surface area (Å²) in [5, 5.41) is 10.6. The molecule has 2 atom stereocenters. The van der Waals surface area contributed by atoms with Crippen LogP contribution in [0.2, 0.25) is 0 Å². The van der Waals surface area contributed by atoms with Crippen LogP contribution in [-0.4, -0.2) is 34.9 Å². The number of hydrogen-bond acceptors (Lipinski definition) is 5. The topological polar surface area (TPSA) is 81.3 Å². The lowest BCUT2D eigenvalue weighted by atomic mass is 10.0. The lowest BCUT2D eigenvalue weighted by Gasteiger charge is -2.20. The number of aryl methyl sites for hydroxylation is 2. The molecule has 2 N–H and O–H groups in total. The van der Waals surface area contributed by atoms with E-state index >= 15 is 0 Å². The van der Waals surface area contributed by atoms with E-state index < -0.39 is 0 Å². The minimum Gasteiger partial charge on any atom is -0.467 e. The second kappa shape index (κ2) is 7.19. The summed E-state index contributed by atoms with van der Waals surface area (Å²) in [4.78, 5) is 12.0. The van der Waals surface area contributed by atoms with E-state index in [-0.39, 0.29) is 24.6 Å². The van der Waals surface area contributed by atoms with Crippen molar-refractivity contribution in [1.82, 2.24) is 20.4 Å². The van der Waals surface area contributed by atoms with Gasteiger partial charge in [0.25, 0.3) is 0 Å². The Morgan fingerprint density at radius 1 is 1.46 bits per heavy atom. The molecule has 1 fully saturated rings. The van der Waals surface area contributed by atoms with E-state index in [0.29, 0.717) is 13.2 Å². The minimum absolute atomic E-state index is 0.0586. The first-order valence-electron chi connectivity index (χ1n) is 8.20. The highest BCUT2D eigenvalue weighted by Crippen LogP contribution is 2.32. The zero-order valence-electron chi connectivity index (χ0n) is 14.3. The number of rotatable bonds is 6. The summed E-state index contributed by atoms with van der Waals surface area (Å²) in [6, 6.07) is 3.75. The second-order valence-electron chi connectivity index (χ2n) is 6.13. The number of hydrogen-bond donors (Lipinski definition) is 2. The van der Waals surface area contributed by atoms with Crippen molar-refractivity contribution in [3.8, 4) is 0 Å². The summed E-state index contributed by atoms with van der Waals surface area (Å²) in [7, 11) is 1.94. The van der Waals surface area contributed by atoms with Crippen LogP contribution >= 0.6 is 0 Å². The highest BCUT2D eigenvalue weighted by molar-refractivity contribution is 5.77. The fourth-order valence-corrected chi connectivity index (χ4v) is 3.17. The molecule has 3 rings (SSSR count). The molecule has 0 aliphatic carbocycles. The Hall–Kier alpha value is -2.12. The third-order valence-electron chi connectivity index (χ3n) is 4.51. The van der Waals surface area contributed by atoms with E-state index in [1.165, 1.54) is 0 Å². The smallest absolute Gasteiger partial charge is 0.234 e. The Kier molecular flexibility index (Phi) is 5.01. The summed E-state index contributed by atoms with van der Waals surface area (Å²) in [5.74, 6) is 0.684. The third-order valence-corrected chi connectivity index (χ3v) is 4.51. The predicted molar refractivity (Wildman–Crippen MR) is 88.3 cm³/mol. The zero-order valence-corrected chi connectivity index (χ0v) is 14.3. The van der Waals surface area contributed by atoms with Gasteiger partial charge in [0.1, 0.15) is 11.9 Å². The van der Waals surface area contributed by atoms with Crippen molar-refractivity contribution >= 4 is 5.91 Å². The van der Waals surface area contributed by atoms with Crippen LogP contribution in [0.1, 0.15) is 35.2 Å². The maximum atomic E-state index is 12.0. The van der Waals surface area contributed by atoms with Crippen LogP contribution in [0.5, 0.6) is 0 Å². The summed E-state index contributed by atoms with van der Waals surface area (Å²) in [6.07, 6.45) is 2.42. The van der Waals surface area contributed by atoms with Crippen molar-refractivity contribution in [2.24, 2.45) is 7.05 Å². The first-order valence-corrected chi connectivity index (χ1v) is 8.20. The molecule has 2 aromatic rings. The van der Waals surface area contributed by atoms with Crippen molar-refractivity contribution in [2.45, 2.75) is 39.0 Å². The van der Waals surface area contributed by atoms with Gasteiger partial charge in [0.2, 0.25) is 5.91 Å². The maximum Gasteiger partial charge on any atom is 0.234 e. The van der Waals surface area contributed by atoms with Crippen LogP contribution in [0.4, 0.5) is 0 Å². The molecule has 24 heavy (non-hydrogen) atoms. The molecule has 1 aliphatic heterocycles. The van der Waals surface area contributed by atoms with Gasteiger partial charge in [0.15, 0.2) is 0 Å². The van der Waals surface area contributed by atoms with Crippen LogP contribution in [-0.2, 0) is 23.1 Å². The van der Waals surface area contributed by atoms with E-state index in [9.17, 15) is 4.79 Å². The van der Waals surface area contributed by atoms with E-state index in [4.69, 9.17) is 9.15 Å². The van der Waals surface area contributed by atoms with Gasteiger partial charge in [0, 0.05) is 31.0 Å². The number of amides is 1. The minimum atomic E-state index is -0.0587. The van der Waals surface area contributed by atoms with Gasteiger partial charge in [-0.3, -0.25) is 9.48 Å². The average Bonchev–Trinajstić information content (AvgIpc) is 3.26. The van der Waals surface area contributed by atoms with Crippen LogP contribution in [0, 0.1) is 13.8 Å². The highest BCUT2D eigenvalue weighted by Gasteiger charge is 2.33.